The molecule has 162 valence electrons. The van der Waals surface area contributed by atoms with Gasteiger partial charge in [-0.25, -0.2) is 13.8 Å². The molecule has 1 spiro atoms. The van der Waals surface area contributed by atoms with Gasteiger partial charge in [-0.05, 0) is 80.4 Å². The highest BCUT2D eigenvalue weighted by Crippen LogP contribution is 2.55. The predicted octanol–water partition coefficient (Wildman–Crippen LogP) is 4.78. The maximum absolute atomic E-state index is 14.5. The van der Waals surface area contributed by atoms with Crippen LogP contribution in [0.25, 0.3) is 0 Å². The number of nitrogens with zero attached hydrogens (tertiary/aromatic N) is 2. The van der Waals surface area contributed by atoms with Gasteiger partial charge in [0.1, 0.15) is 21.5 Å². The number of thioether (sulfide) groups is 1. The van der Waals surface area contributed by atoms with Gasteiger partial charge in [-0.2, -0.15) is 5.10 Å². The molecule has 7 heteroatoms. The van der Waals surface area contributed by atoms with Crippen molar-refractivity contribution in [2.45, 2.75) is 43.4 Å². The number of piperidine rings is 1. The van der Waals surface area contributed by atoms with E-state index in [0.29, 0.717) is 23.8 Å². The Kier molecular flexibility index (Phi) is 5.56. The third-order valence-corrected chi connectivity index (χ3v) is 8.02. The molecule has 1 unspecified atom stereocenters. The van der Waals surface area contributed by atoms with E-state index in [1.165, 1.54) is 23.4 Å². The van der Waals surface area contributed by atoms with Gasteiger partial charge >= 0.3 is 0 Å². The highest BCUT2D eigenvalue weighted by atomic mass is 32.2. The largest absolute Gasteiger partial charge is 0.317 e. The summed E-state index contributed by atoms with van der Waals surface area (Å²) in [5, 5.41) is 9.90. The average Bonchev–Trinajstić information content (AvgIpc) is 3.37. The second-order valence-corrected chi connectivity index (χ2v) is 9.78. The first-order chi connectivity index (χ1) is 15.1. The van der Waals surface area contributed by atoms with Crippen LogP contribution in [0.5, 0.6) is 0 Å². The molecule has 1 amide bonds. The molecule has 2 aromatic rings. The monoisotopic (exact) mass is 441 g/mol. The summed E-state index contributed by atoms with van der Waals surface area (Å²) in [5.74, 6) is -0.555. The number of nitrogens with one attached hydrogen (secondary N) is 1. The predicted molar refractivity (Wildman–Crippen MR) is 119 cm³/mol. The van der Waals surface area contributed by atoms with Gasteiger partial charge < -0.3 is 5.32 Å². The Labute approximate surface area is 185 Å². The molecule has 0 saturated carbocycles. The van der Waals surface area contributed by atoms with E-state index in [1.54, 1.807) is 5.01 Å². The number of hydrogen-bond acceptors (Lipinski definition) is 4. The third kappa shape index (κ3) is 3.78. The lowest BCUT2D eigenvalue weighted by molar-refractivity contribution is -0.135. The molecule has 1 N–H and O–H groups in total. The highest BCUT2D eigenvalue weighted by molar-refractivity contribution is 8.15. The number of benzene rings is 2. The van der Waals surface area contributed by atoms with Crippen molar-refractivity contribution in [2.75, 3.05) is 13.1 Å². The molecule has 31 heavy (non-hydrogen) atoms. The summed E-state index contributed by atoms with van der Waals surface area (Å²) in [4.78, 5) is 12.7. The van der Waals surface area contributed by atoms with E-state index in [1.807, 2.05) is 18.2 Å². The van der Waals surface area contributed by atoms with Gasteiger partial charge in [0.25, 0.3) is 0 Å². The Morgan fingerprint density at radius 2 is 2.00 bits per heavy atom. The van der Waals surface area contributed by atoms with Gasteiger partial charge in [-0.1, -0.05) is 36.0 Å². The number of halogens is 2. The summed E-state index contributed by atoms with van der Waals surface area (Å²) in [6, 6.07) is 11.4. The molecule has 2 aliphatic heterocycles. The van der Waals surface area contributed by atoms with Gasteiger partial charge in [0.15, 0.2) is 0 Å². The zero-order valence-electron chi connectivity index (χ0n) is 17.2. The standard InChI is InChI=1S/C24H25F2N3OS/c25-18-6-7-21(26)19(15-18)23-28-29(22(30)8-5-16-10-13-27-14-11-16)24(31-23)12-9-17-3-1-2-4-20(17)24/h1-4,6-7,15-16,27H,5,8-14H2. The Balaban J connectivity index is 1.47. The fourth-order valence-corrected chi connectivity index (χ4v) is 6.36. The normalized spacial score (nSPS) is 23.3. The molecular formula is C24H25F2N3OS. The highest BCUT2D eigenvalue weighted by Gasteiger charge is 2.52. The van der Waals surface area contributed by atoms with Crippen molar-refractivity contribution >= 4 is 22.7 Å². The van der Waals surface area contributed by atoms with Crippen molar-refractivity contribution in [1.29, 1.82) is 0 Å². The second kappa shape index (κ2) is 8.36. The molecule has 5 rings (SSSR count). The third-order valence-electron chi connectivity index (χ3n) is 6.59. The fraction of sp³-hybridized carbons (Fsp3) is 0.417. The molecule has 0 bridgehead atoms. The van der Waals surface area contributed by atoms with Crippen LogP contribution in [0.3, 0.4) is 0 Å². The number of hydrogen-bond donors (Lipinski definition) is 1. The first kappa shape index (κ1) is 20.6. The van der Waals surface area contributed by atoms with E-state index in [-0.39, 0.29) is 11.5 Å². The zero-order valence-corrected chi connectivity index (χ0v) is 18.1. The summed E-state index contributed by atoms with van der Waals surface area (Å²) >= 11 is 1.38. The minimum Gasteiger partial charge on any atom is -0.317 e. The maximum Gasteiger partial charge on any atom is 0.244 e. The number of carbonyl (C=O) groups is 1. The summed E-state index contributed by atoms with van der Waals surface area (Å²) in [6.45, 7) is 1.99. The number of fused-ring (bicyclic) bond motifs is 2. The number of aryl methyl sites for hydroxylation is 1. The summed E-state index contributed by atoms with van der Waals surface area (Å²) < 4.78 is 28.4. The number of carbonyl (C=O) groups excluding carboxylic acids is 1. The van der Waals surface area contributed by atoms with E-state index >= 15 is 0 Å². The lowest BCUT2D eigenvalue weighted by Gasteiger charge is -2.33. The molecule has 3 aliphatic rings. The van der Waals surface area contributed by atoms with Crippen LogP contribution in [0.15, 0.2) is 47.6 Å². The summed E-state index contributed by atoms with van der Waals surface area (Å²) in [6.07, 6.45) is 4.95. The van der Waals surface area contributed by atoms with Crippen molar-refractivity contribution in [1.82, 2.24) is 10.3 Å². The lowest BCUT2D eigenvalue weighted by atomic mass is 9.93. The molecule has 0 radical (unpaired) electrons. The van der Waals surface area contributed by atoms with E-state index in [2.05, 4.69) is 16.5 Å². The zero-order chi connectivity index (χ0) is 21.4. The van der Waals surface area contributed by atoms with Gasteiger partial charge in [-0.15, -0.1) is 0 Å². The van der Waals surface area contributed by atoms with Crippen LogP contribution in [0.4, 0.5) is 8.78 Å². The molecular weight excluding hydrogens is 416 g/mol. The maximum atomic E-state index is 14.5. The van der Waals surface area contributed by atoms with E-state index in [9.17, 15) is 13.6 Å². The van der Waals surface area contributed by atoms with Gasteiger partial charge in [0.05, 0.1) is 0 Å². The SMILES string of the molecule is O=C(CCC1CCNCC1)N1N=C(c2cc(F)ccc2F)SC12CCc1ccccc12. The molecule has 1 aliphatic carbocycles. The van der Waals surface area contributed by atoms with Crippen LogP contribution in [0.2, 0.25) is 0 Å². The number of amides is 1. The Morgan fingerprint density at radius 3 is 2.84 bits per heavy atom. The minimum absolute atomic E-state index is 0.0467. The molecule has 0 aromatic heterocycles. The second-order valence-electron chi connectivity index (χ2n) is 8.51. The molecule has 2 heterocycles. The first-order valence-corrected chi connectivity index (χ1v) is 11.7. The van der Waals surface area contributed by atoms with Crippen LogP contribution in [-0.2, 0) is 16.1 Å². The summed E-state index contributed by atoms with van der Waals surface area (Å²) in [7, 11) is 0. The van der Waals surface area contributed by atoms with Crippen LogP contribution in [0, 0.1) is 17.6 Å². The molecule has 1 saturated heterocycles. The average molecular weight is 442 g/mol. The van der Waals surface area contributed by atoms with Crippen LogP contribution in [-0.4, -0.2) is 29.0 Å². The Hall–Kier alpha value is -2.25. The van der Waals surface area contributed by atoms with Crippen LogP contribution in [0.1, 0.15) is 48.8 Å². The Morgan fingerprint density at radius 1 is 1.19 bits per heavy atom. The topological polar surface area (TPSA) is 44.7 Å². The number of rotatable bonds is 4. The quantitative estimate of drug-likeness (QED) is 0.743. The lowest BCUT2D eigenvalue weighted by Crippen LogP contribution is -2.40. The molecule has 4 nitrogen and oxygen atoms in total. The van der Waals surface area contributed by atoms with E-state index in [0.717, 1.165) is 56.5 Å². The van der Waals surface area contributed by atoms with Crippen molar-refractivity contribution in [3.8, 4) is 0 Å². The first-order valence-electron chi connectivity index (χ1n) is 10.9. The van der Waals surface area contributed by atoms with Crippen LogP contribution >= 0.6 is 11.8 Å². The van der Waals surface area contributed by atoms with Gasteiger partial charge in [-0.3, -0.25) is 4.79 Å². The smallest absolute Gasteiger partial charge is 0.244 e. The van der Waals surface area contributed by atoms with Crippen molar-refractivity contribution in [3.05, 3.63) is 70.8 Å². The van der Waals surface area contributed by atoms with Gasteiger partial charge in [0.2, 0.25) is 5.91 Å². The number of hydrazone groups is 1. The van der Waals surface area contributed by atoms with E-state index < -0.39 is 16.5 Å². The van der Waals surface area contributed by atoms with Crippen molar-refractivity contribution in [3.63, 3.8) is 0 Å². The molecule has 1 fully saturated rings. The van der Waals surface area contributed by atoms with Crippen molar-refractivity contribution in [2.24, 2.45) is 11.0 Å². The van der Waals surface area contributed by atoms with Crippen LogP contribution < -0.4 is 5.32 Å². The molecule has 1 atom stereocenters. The van der Waals surface area contributed by atoms with Crippen molar-refractivity contribution < 1.29 is 13.6 Å². The molecule has 2 aromatic carbocycles. The minimum atomic E-state index is -0.685. The Bertz CT molecular complexity index is 1040. The summed E-state index contributed by atoms with van der Waals surface area (Å²) in [5.41, 5.74) is 2.34. The van der Waals surface area contributed by atoms with Gasteiger partial charge in [0, 0.05) is 12.0 Å². The fourth-order valence-electron chi connectivity index (χ4n) is 4.91. The van der Waals surface area contributed by atoms with E-state index in [4.69, 9.17) is 0 Å².